The van der Waals surface area contributed by atoms with Crippen LogP contribution in [0.2, 0.25) is 0 Å². The molecule has 0 unspecified atom stereocenters. The molecule has 0 radical (unpaired) electrons. The molecule has 1 aliphatic rings. The Morgan fingerprint density at radius 1 is 1.27 bits per heavy atom. The van der Waals surface area contributed by atoms with Crippen LogP contribution in [0.3, 0.4) is 0 Å². The molecule has 0 spiro atoms. The summed E-state index contributed by atoms with van der Waals surface area (Å²) in [6.45, 7) is 1.26. The van der Waals surface area contributed by atoms with Crippen LogP contribution in [-0.2, 0) is 26.0 Å². The summed E-state index contributed by atoms with van der Waals surface area (Å²) in [7, 11) is 0. The van der Waals surface area contributed by atoms with Crippen LogP contribution in [0.5, 0.6) is 0 Å². The van der Waals surface area contributed by atoms with Gasteiger partial charge < -0.3 is 14.8 Å². The van der Waals surface area contributed by atoms with Crippen molar-refractivity contribution < 1.29 is 10.2 Å². The summed E-state index contributed by atoms with van der Waals surface area (Å²) in [6.07, 6.45) is 4.98. The number of aryl methyl sites for hydroxylation is 1. The van der Waals surface area contributed by atoms with Gasteiger partial charge in [0, 0.05) is 25.3 Å². The Labute approximate surface area is 89.6 Å². The zero-order valence-electron chi connectivity index (χ0n) is 8.95. The van der Waals surface area contributed by atoms with Gasteiger partial charge in [0.2, 0.25) is 0 Å². The van der Waals surface area contributed by atoms with Gasteiger partial charge in [-0.25, -0.2) is 4.98 Å². The zero-order valence-corrected chi connectivity index (χ0v) is 8.95. The maximum absolute atomic E-state index is 9.21. The summed E-state index contributed by atoms with van der Waals surface area (Å²) in [4.78, 5) is 4.45. The Bertz CT molecular complexity index is 334. The predicted octanol–water partition coefficient (Wildman–Crippen LogP) is 0.637. The highest BCUT2D eigenvalue weighted by Gasteiger charge is 2.18. The minimum absolute atomic E-state index is 0.0362. The molecule has 0 aromatic carbocycles. The Balaban J connectivity index is 2.25. The summed E-state index contributed by atoms with van der Waals surface area (Å²) in [5.41, 5.74) is 2.04. The van der Waals surface area contributed by atoms with Gasteiger partial charge in [-0.2, -0.15) is 0 Å². The molecule has 2 rings (SSSR count). The second-order valence-electron chi connectivity index (χ2n) is 4.02. The Hall–Kier alpha value is -0.870. The topological polar surface area (TPSA) is 58.3 Å². The average molecular weight is 210 g/mol. The number of imidazole rings is 1. The molecule has 4 heteroatoms. The fraction of sp³-hybridized carbons (Fsp3) is 0.727. The van der Waals surface area contributed by atoms with E-state index in [9.17, 15) is 5.11 Å². The molecule has 84 valence electrons. The molecule has 4 nitrogen and oxygen atoms in total. The van der Waals surface area contributed by atoms with Crippen LogP contribution in [0, 0.1) is 0 Å². The second kappa shape index (κ2) is 4.77. The first-order chi connectivity index (χ1) is 7.36. The number of hydrogen-bond donors (Lipinski definition) is 2. The smallest absolute Gasteiger partial charge is 0.109 e. The van der Waals surface area contributed by atoms with E-state index in [4.69, 9.17) is 5.11 Å². The average Bonchev–Trinajstić information content (AvgIpc) is 2.65. The highest BCUT2D eigenvalue weighted by atomic mass is 16.3. The molecule has 0 fully saturated rings. The summed E-state index contributed by atoms with van der Waals surface area (Å²) < 4.78 is 2.23. The Morgan fingerprint density at radius 2 is 2.13 bits per heavy atom. The molecular weight excluding hydrogens is 192 g/mol. The van der Waals surface area contributed by atoms with Gasteiger partial charge in [0.05, 0.1) is 12.3 Å². The van der Waals surface area contributed by atoms with Crippen molar-refractivity contribution in [1.82, 2.24) is 9.55 Å². The van der Waals surface area contributed by atoms with Crippen molar-refractivity contribution in [3.63, 3.8) is 0 Å². The normalized spacial score (nSPS) is 15.3. The van der Waals surface area contributed by atoms with Crippen LogP contribution in [-0.4, -0.2) is 26.4 Å². The number of aromatic nitrogens is 2. The molecule has 1 aliphatic heterocycles. The van der Waals surface area contributed by atoms with E-state index in [-0.39, 0.29) is 13.2 Å². The van der Waals surface area contributed by atoms with E-state index in [1.807, 2.05) is 0 Å². The Kier molecular flexibility index (Phi) is 3.38. The van der Waals surface area contributed by atoms with Crippen LogP contribution < -0.4 is 0 Å². The summed E-state index contributed by atoms with van der Waals surface area (Å²) in [5.74, 6) is 1.03. The van der Waals surface area contributed by atoms with Crippen molar-refractivity contribution >= 4 is 0 Å². The molecule has 0 aliphatic carbocycles. The lowest BCUT2D eigenvalue weighted by Gasteiger charge is -2.17. The molecule has 2 N–H and O–H groups in total. The zero-order chi connectivity index (χ0) is 10.7. The lowest BCUT2D eigenvalue weighted by molar-refractivity contribution is 0.275. The minimum Gasteiger partial charge on any atom is -0.396 e. The molecule has 0 atom stereocenters. The van der Waals surface area contributed by atoms with Crippen molar-refractivity contribution in [2.75, 3.05) is 6.61 Å². The van der Waals surface area contributed by atoms with Crippen LogP contribution in [0.15, 0.2) is 0 Å². The second-order valence-corrected chi connectivity index (χ2v) is 4.02. The summed E-state index contributed by atoms with van der Waals surface area (Å²) >= 11 is 0. The third-order valence-corrected chi connectivity index (χ3v) is 2.99. The highest BCUT2D eigenvalue weighted by molar-refractivity contribution is 5.18. The summed E-state index contributed by atoms with van der Waals surface area (Å²) in [6, 6.07) is 0. The van der Waals surface area contributed by atoms with E-state index in [2.05, 4.69) is 9.55 Å². The van der Waals surface area contributed by atoms with E-state index in [1.54, 1.807) is 0 Å². The quantitative estimate of drug-likeness (QED) is 0.766. The van der Waals surface area contributed by atoms with Crippen LogP contribution >= 0.6 is 0 Å². The van der Waals surface area contributed by atoms with Crippen molar-refractivity contribution in [2.45, 2.75) is 45.3 Å². The van der Waals surface area contributed by atoms with Gasteiger partial charge >= 0.3 is 0 Å². The monoisotopic (exact) mass is 210 g/mol. The number of aliphatic hydroxyl groups excluding tert-OH is 2. The van der Waals surface area contributed by atoms with E-state index in [1.165, 1.54) is 18.5 Å². The number of rotatable bonds is 4. The first kappa shape index (κ1) is 10.6. The van der Waals surface area contributed by atoms with Gasteiger partial charge in [-0.1, -0.05) is 0 Å². The van der Waals surface area contributed by atoms with Crippen molar-refractivity contribution in [3.8, 4) is 0 Å². The first-order valence-electron chi connectivity index (χ1n) is 5.65. The van der Waals surface area contributed by atoms with Crippen molar-refractivity contribution in [3.05, 3.63) is 17.2 Å². The fourth-order valence-electron chi connectivity index (χ4n) is 2.25. The SMILES string of the molecule is OCCCc1nc(CO)c2n1CCCC2. The molecular formula is C11H18N2O2. The third kappa shape index (κ3) is 2.06. The molecule has 1 aromatic rings. The molecule has 2 heterocycles. The highest BCUT2D eigenvalue weighted by Crippen LogP contribution is 2.21. The minimum atomic E-state index is 0.0362. The Morgan fingerprint density at radius 3 is 2.87 bits per heavy atom. The van der Waals surface area contributed by atoms with Crippen LogP contribution in [0.4, 0.5) is 0 Å². The van der Waals surface area contributed by atoms with Crippen molar-refractivity contribution in [1.29, 1.82) is 0 Å². The number of hydrogen-bond acceptors (Lipinski definition) is 3. The van der Waals surface area contributed by atoms with Gasteiger partial charge in [0.25, 0.3) is 0 Å². The molecule has 0 amide bonds. The largest absolute Gasteiger partial charge is 0.396 e. The lowest BCUT2D eigenvalue weighted by Crippen LogP contribution is -2.13. The van der Waals surface area contributed by atoms with Crippen LogP contribution in [0.25, 0.3) is 0 Å². The number of aliphatic hydroxyl groups is 2. The molecule has 15 heavy (non-hydrogen) atoms. The van der Waals surface area contributed by atoms with Crippen LogP contribution in [0.1, 0.15) is 36.5 Å². The molecule has 0 saturated carbocycles. The predicted molar refractivity (Wildman–Crippen MR) is 56.5 cm³/mol. The number of nitrogens with zero attached hydrogens (tertiary/aromatic N) is 2. The lowest BCUT2D eigenvalue weighted by atomic mass is 10.1. The summed E-state index contributed by atoms with van der Waals surface area (Å²) in [5, 5.41) is 18.0. The van der Waals surface area contributed by atoms with Gasteiger partial charge in [-0.05, 0) is 25.7 Å². The standard InChI is InChI=1S/C11H18N2O2/c14-7-3-5-11-12-9(8-15)10-4-1-2-6-13(10)11/h14-15H,1-8H2. The fourth-order valence-corrected chi connectivity index (χ4v) is 2.25. The van der Waals surface area contributed by atoms with Gasteiger partial charge in [0.1, 0.15) is 5.82 Å². The van der Waals surface area contributed by atoms with Gasteiger partial charge in [-0.3, -0.25) is 0 Å². The van der Waals surface area contributed by atoms with Crippen molar-refractivity contribution in [2.24, 2.45) is 0 Å². The third-order valence-electron chi connectivity index (χ3n) is 2.99. The van der Waals surface area contributed by atoms with E-state index in [0.717, 1.165) is 37.3 Å². The van der Waals surface area contributed by atoms with Gasteiger partial charge in [-0.15, -0.1) is 0 Å². The number of fused-ring (bicyclic) bond motifs is 1. The first-order valence-corrected chi connectivity index (χ1v) is 5.65. The maximum atomic E-state index is 9.21. The van der Waals surface area contributed by atoms with E-state index >= 15 is 0 Å². The molecule has 0 bridgehead atoms. The molecule has 0 saturated heterocycles. The maximum Gasteiger partial charge on any atom is 0.109 e. The van der Waals surface area contributed by atoms with E-state index in [0.29, 0.717) is 0 Å². The molecule has 1 aromatic heterocycles. The van der Waals surface area contributed by atoms with E-state index < -0.39 is 0 Å². The van der Waals surface area contributed by atoms with Gasteiger partial charge in [0.15, 0.2) is 0 Å².